The number of amides is 1. The third kappa shape index (κ3) is 4.74. The Morgan fingerprint density at radius 2 is 2.03 bits per heavy atom. The van der Waals surface area contributed by atoms with Crippen molar-refractivity contribution in [3.05, 3.63) is 76.7 Å². The van der Waals surface area contributed by atoms with Gasteiger partial charge in [-0.3, -0.25) is 14.5 Å². The van der Waals surface area contributed by atoms with E-state index >= 15 is 0 Å². The van der Waals surface area contributed by atoms with Crippen molar-refractivity contribution in [3.63, 3.8) is 0 Å². The van der Waals surface area contributed by atoms with Crippen LogP contribution >= 0.6 is 0 Å². The maximum absolute atomic E-state index is 12.4. The van der Waals surface area contributed by atoms with Crippen LogP contribution in [0.1, 0.15) is 66.5 Å². The number of pyridine rings is 1. The molecular formula is C24H25N5O. The molecule has 6 heteroatoms. The number of nitrogens with one attached hydrogen (secondary N) is 1. The molecule has 1 amide bonds. The van der Waals surface area contributed by atoms with Crippen molar-refractivity contribution in [3.8, 4) is 6.07 Å². The minimum Gasteiger partial charge on any atom is -0.309 e. The summed E-state index contributed by atoms with van der Waals surface area (Å²) in [6.07, 6.45) is 6.06. The molecule has 0 radical (unpaired) electrons. The molecule has 1 saturated carbocycles. The van der Waals surface area contributed by atoms with Gasteiger partial charge >= 0.3 is 0 Å². The van der Waals surface area contributed by atoms with Crippen LogP contribution in [0.3, 0.4) is 0 Å². The molecule has 0 atom stereocenters. The second-order valence-electron chi connectivity index (χ2n) is 8.17. The van der Waals surface area contributed by atoms with Gasteiger partial charge in [0.15, 0.2) is 5.82 Å². The summed E-state index contributed by atoms with van der Waals surface area (Å²) in [6, 6.07) is 14.2. The predicted molar refractivity (Wildman–Crippen MR) is 115 cm³/mol. The molecule has 1 aliphatic rings. The van der Waals surface area contributed by atoms with Gasteiger partial charge in [-0.15, -0.1) is 0 Å². The van der Waals surface area contributed by atoms with E-state index in [0.717, 1.165) is 29.7 Å². The molecular weight excluding hydrogens is 374 g/mol. The fourth-order valence-electron chi connectivity index (χ4n) is 3.50. The Morgan fingerprint density at radius 1 is 1.27 bits per heavy atom. The van der Waals surface area contributed by atoms with Crippen LogP contribution in [0, 0.1) is 11.3 Å². The molecule has 1 N–H and O–H groups in total. The summed E-state index contributed by atoms with van der Waals surface area (Å²) in [4.78, 5) is 16.8. The molecule has 0 spiro atoms. The molecule has 1 aliphatic carbocycles. The second kappa shape index (κ2) is 8.50. The molecule has 2 aromatic heterocycles. The van der Waals surface area contributed by atoms with Gasteiger partial charge in [0, 0.05) is 18.5 Å². The highest BCUT2D eigenvalue weighted by molar-refractivity contribution is 5.91. The van der Waals surface area contributed by atoms with Crippen LogP contribution in [0.5, 0.6) is 0 Å². The quantitative estimate of drug-likeness (QED) is 0.639. The Labute approximate surface area is 176 Å². The van der Waals surface area contributed by atoms with Gasteiger partial charge in [0.1, 0.15) is 6.07 Å². The molecule has 30 heavy (non-hydrogen) atoms. The van der Waals surface area contributed by atoms with Crippen LogP contribution in [0.4, 0.5) is 5.82 Å². The molecule has 0 saturated heterocycles. The number of carbonyl (C=O) groups excluding carboxylic acids is 1. The van der Waals surface area contributed by atoms with Crippen LogP contribution in [-0.4, -0.2) is 20.7 Å². The Balaban J connectivity index is 1.36. The highest BCUT2D eigenvalue weighted by Gasteiger charge is 2.26. The van der Waals surface area contributed by atoms with E-state index in [2.05, 4.69) is 47.4 Å². The Hall–Kier alpha value is -3.46. The van der Waals surface area contributed by atoms with E-state index in [9.17, 15) is 10.1 Å². The van der Waals surface area contributed by atoms with Crippen LogP contribution < -0.4 is 5.32 Å². The number of aromatic nitrogens is 3. The highest BCUT2D eigenvalue weighted by atomic mass is 16.1. The number of nitrogens with zero attached hydrogens (tertiary/aromatic N) is 4. The van der Waals surface area contributed by atoms with E-state index in [4.69, 9.17) is 0 Å². The molecule has 4 rings (SSSR count). The van der Waals surface area contributed by atoms with E-state index in [1.165, 1.54) is 5.56 Å². The summed E-state index contributed by atoms with van der Waals surface area (Å²) in [5.41, 5.74) is 4.86. The topological polar surface area (TPSA) is 83.6 Å². The van der Waals surface area contributed by atoms with Crippen LogP contribution in [0.15, 0.2) is 48.8 Å². The zero-order chi connectivity index (χ0) is 21.1. The highest BCUT2D eigenvalue weighted by Crippen LogP contribution is 2.41. The largest absolute Gasteiger partial charge is 0.309 e. The fourth-order valence-corrected chi connectivity index (χ4v) is 3.50. The molecule has 152 valence electrons. The predicted octanol–water partition coefficient (Wildman–Crippen LogP) is 4.38. The van der Waals surface area contributed by atoms with Gasteiger partial charge in [-0.25, -0.2) is 0 Å². The first kappa shape index (κ1) is 19.8. The van der Waals surface area contributed by atoms with Crippen molar-refractivity contribution in [1.29, 1.82) is 5.26 Å². The summed E-state index contributed by atoms with van der Waals surface area (Å²) in [5.74, 6) is 1.39. The van der Waals surface area contributed by atoms with E-state index in [-0.39, 0.29) is 5.91 Å². The number of hydrogen-bond donors (Lipinski definition) is 1. The van der Waals surface area contributed by atoms with Crippen molar-refractivity contribution in [2.24, 2.45) is 0 Å². The van der Waals surface area contributed by atoms with E-state index in [0.29, 0.717) is 36.2 Å². The Bertz CT molecular complexity index is 1090. The standard InChI is InChI=1S/C24H25N5O/c1-16(2)18-5-3-17(4-6-18)11-24(30)27-23-9-10-29(28-23)15-21-12-22(19-7-8-19)20(13-25)14-26-21/h3-6,9-10,12,14,16,19H,7-8,11,15H2,1-2H3,(H,27,28,30). The maximum Gasteiger partial charge on any atom is 0.229 e. The summed E-state index contributed by atoms with van der Waals surface area (Å²) in [5, 5.41) is 16.6. The Morgan fingerprint density at radius 3 is 2.70 bits per heavy atom. The lowest BCUT2D eigenvalue weighted by Gasteiger charge is -2.07. The fraction of sp³-hybridized carbons (Fsp3) is 0.333. The van der Waals surface area contributed by atoms with Gasteiger partial charge in [-0.1, -0.05) is 38.1 Å². The monoisotopic (exact) mass is 399 g/mol. The smallest absolute Gasteiger partial charge is 0.229 e. The molecule has 0 bridgehead atoms. The van der Waals surface area contributed by atoms with Gasteiger partial charge in [-0.05, 0) is 47.4 Å². The minimum absolute atomic E-state index is 0.0925. The van der Waals surface area contributed by atoms with Crippen molar-refractivity contribution in [2.45, 2.75) is 51.5 Å². The van der Waals surface area contributed by atoms with E-state index < -0.39 is 0 Å². The zero-order valence-corrected chi connectivity index (χ0v) is 17.3. The maximum atomic E-state index is 12.4. The van der Waals surface area contributed by atoms with Crippen molar-refractivity contribution < 1.29 is 4.79 Å². The van der Waals surface area contributed by atoms with Crippen molar-refractivity contribution >= 4 is 11.7 Å². The molecule has 3 aromatic rings. The average Bonchev–Trinajstić information content (AvgIpc) is 3.49. The number of nitriles is 1. The number of benzene rings is 1. The first-order valence-electron chi connectivity index (χ1n) is 10.3. The summed E-state index contributed by atoms with van der Waals surface area (Å²) in [6.45, 7) is 4.80. The van der Waals surface area contributed by atoms with Gasteiger partial charge in [0.05, 0.1) is 24.2 Å². The molecule has 6 nitrogen and oxygen atoms in total. The average molecular weight is 399 g/mol. The third-order valence-corrected chi connectivity index (χ3v) is 5.37. The summed E-state index contributed by atoms with van der Waals surface area (Å²) < 4.78 is 1.75. The molecule has 0 unspecified atom stereocenters. The van der Waals surface area contributed by atoms with Crippen LogP contribution in [-0.2, 0) is 17.8 Å². The van der Waals surface area contributed by atoms with Gasteiger partial charge in [0.25, 0.3) is 0 Å². The summed E-state index contributed by atoms with van der Waals surface area (Å²) in [7, 11) is 0. The molecule has 2 heterocycles. The Kier molecular flexibility index (Phi) is 5.62. The number of carbonyl (C=O) groups is 1. The van der Waals surface area contributed by atoms with Crippen molar-refractivity contribution in [2.75, 3.05) is 5.32 Å². The lowest BCUT2D eigenvalue weighted by molar-refractivity contribution is -0.115. The number of anilines is 1. The SMILES string of the molecule is CC(C)c1ccc(CC(=O)Nc2ccn(Cc3cc(C4CC4)c(C#N)cn3)n2)cc1. The normalized spacial score (nSPS) is 13.3. The van der Waals surface area contributed by atoms with E-state index in [1.54, 1.807) is 16.9 Å². The zero-order valence-electron chi connectivity index (χ0n) is 17.3. The van der Waals surface area contributed by atoms with Crippen LogP contribution in [0.2, 0.25) is 0 Å². The van der Waals surface area contributed by atoms with Gasteiger partial charge < -0.3 is 5.32 Å². The van der Waals surface area contributed by atoms with Crippen LogP contribution in [0.25, 0.3) is 0 Å². The first-order valence-corrected chi connectivity index (χ1v) is 10.3. The van der Waals surface area contributed by atoms with E-state index in [1.807, 2.05) is 24.4 Å². The number of hydrogen-bond acceptors (Lipinski definition) is 4. The number of rotatable bonds is 7. The molecule has 0 aliphatic heterocycles. The van der Waals surface area contributed by atoms with Gasteiger partial charge in [0.2, 0.25) is 5.91 Å². The van der Waals surface area contributed by atoms with Gasteiger partial charge in [-0.2, -0.15) is 10.4 Å². The third-order valence-electron chi connectivity index (χ3n) is 5.37. The lowest BCUT2D eigenvalue weighted by atomic mass is 10.0. The van der Waals surface area contributed by atoms with Crippen molar-refractivity contribution in [1.82, 2.24) is 14.8 Å². The molecule has 1 aromatic carbocycles. The lowest BCUT2D eigenvalue weighted by Crippen LogP contribution is -2.15. The first-order chi connectivity index (χ1) is 14.5. The second-order valence-corrected chi connectivity index (χ2v) is 8.17. The molecule has 1 fully saturated rings. The minimum atomic E-state index is -0.0925. The summed E-state index contributed by atoms with van der Waals surface area (Å²) >= 11 is 0.